The number of aryl methyl sites for hydroxylation is 1. The third kappa shape index (κ3) is 3.52. The van der Waals surface area contributed by atoms with E-state index in [1.54, 1.807) is 0 Å². The van der Waals surface area contributed by atoms with Crippen LogP contribution in [0, 0.1) is 11.3 Å². The first kappa shape index (κ1) is 15.7. The van der Waals surface area contributed by atoms with Crippen LogP contribution >= 0.6 is 0 Å². The minimum absolute atomic E-state index is 0.114. The van der Waals surface area contributed by atoms with E-state index in [1.807, 2.05) is 0 Å². The van der Waals surface area contributed by atoms with E-state index in [1.165, 1.54) is 12.8 Å². The Hall–Kier alpha value is -1.65. The van der Waals surface area contributed by atoms with Crippen LogP contribution in [0.4, 0.5) is 5.82 Å². The summed E-state index contributed by atoms with van der Waals surface area (Å²) in [6.45, 7) is 8.29. The highest BCUT2D eigenvalue weighted by molar-refractivity contribution is 6.01. The van der Waals surface area contributed by atoms with Crippen LogP contribution in [0.5, 0.6) is 0 Å². The summed E-state index contributed by atoms with van der Waals surface area (Å²) in [5.41, 5.74) is 8.74. The fourth-order valence-corrected chi connectivity index (χ4v) is 2.83. The van der Waals surface area contributed by atoms with Crippen LogP contribution < -0.4 is 10.6 Å². The lowest BCUT2D eigenvalue weighted by molar-refractivity contribution is 0.687. The Morgan fingerprint density at radius 1 is 1.24 bits per heavy atom. The van der Waals surface area contributed by atoms with Crippen molar-refractivity contribution < 1.29 is 0 Å². The normalized spacial score (nSPS) is 14.2. The van der Waals surface area contributed by atoms with Crippen molar-refractivity contribution in [3.05, 3.63) is 16.8 Å². The van der Waals surface area contributed by atoms with E-state index in [4.69, 9.17) is 11.1 Å². The molecule has 1 aliphatic rings. The maximum Gasteiger partial charge on any atom is 0.162 e. The smallest absolute Gasteiger partial charge is 0.162 e. The van der Waals surface area contributed by atoms with Gasteiger partial charge in [-0.15, -0.1) is 5.10 Å². The number of hydrogen-bond donors (Lipinski definition) is 2. The van der Waals surface area contributed by atoms with Crippen molar-refractivity contribution in [3.63, 3.8) is 0 Å². The second-order valence-corrected chi connectivity index (χ2v) is 5.83. The van der Waals surface area contributed by atoms with Crippen molar-refractivity contribution >= 4 is 11.7 Å². The first-order valence-electron chi connectivity index (χ1n) is 8.10. The van der Waals surface area contributed by atoms with E-state index < -0.39 is 0 Å². The first-order valence-corrected chi connectivity index (χ1v) is 8.10. The minimum atomic E-state index is 0.114. The van der Waals surface area contributed by atoms with Gasteiger partial charge in [0, 0.05) is 13.1 Å². The molecular weight excluding hydrogens is 262 g/mol. The standard InChI is InChI=1S/C16H27N5/c1-4-9-21(10-11-7-8-11)16-14(15(17)18)12(5-2)13(6-3)19-20-16/h11H,4-10H2,1-3H3,(H3,17,18). The summed E-state index contributed by atoms with van der Waals surface area (Å²) in [5.74, 6) is 1.70. The lowest BCUT2D eigenvalue weighted by Crippen LogP contribution is -2.32. The molecule has 1 heterocycles. The summed E-state index contributed by atoms with van der Waals surface area (Å²) in [7, 11) is 0. The Balaban J connectivity index is 2.46. The van der Waals surface area contributed by atoms with E-state index in [2.05, 4.69) is 35.9 Å². The molecule has 1 aliphatic carbocycles. The molecule has 0 unspecified atom stereocenters. The molecule has 0 spiro atoms. The molecule has 0 aromatic carbocycles. The van der Waals surface area contributed by atoms with Gasteiger partial charge in [0.25, 0.3) is 0 Å². The van der Waals surface area contributed by atoms with Crippen molar-refractivity contribution in [2.75, 3.05) is 18.0 Å². The lowest BCUT2D eigenvalue weighted by Gasteiger charge is -2.26. The molecule has 3 N–H and O–H groups in total. The molecule has 2 rings (SSSR count). The molecule has 0 bridgehead atoms. The highest BCUT2D eigenvalue weighted by atomic mass is 15.3. The first-order chi connectivity index (χ1) is 10.1. The largest absolute Gasteiger partial charge is 0.384 e. The second kappa shape index (κ2) is 6.87. The van der Waals surface area contributed by atoms with Crippen LogP contribution in [0.1, 0.15) is 56.9 Å². The molecule has 1 aromatic rings. The molecule has 1 saturated carbocycles. The zero-order chi connectivity index (χ0) is 15.4. The van der Waals surface area contributed by atoms with Crippen molar-refractivity contribution in [2.24, 2.45) is 11.7 Å². The monoisotopic (exact) mass is 289 g/mol. The SMILES string of the molecule is CCCN(CC1CC1)c1nnc(CC)c(CC)c1C(=N)N. The Labute approximate surface area is 127 Å². The lowest BCUT2D eigenvalue weighted by atomic mass is 10.0. The Morgan fingerprint density at radius 2 is 1.95 bits per heavy atom. The summed E-state index contributed by atoms with van der Waals surface area (Å²) in [5, 5.41) is 16.8. The van der Waals surface area contributed by atoms with Crippen molar-refractivity contribution in [2.45, 2.75) is 52.9 Å². The van der Waals surface area contributed by atoms with E-state index in [0.717, 1.165) is 60.9 Å². The average molecular weight is 289 g/mol. The molecule has 5 heteroatoms. The molecule has 0 amide bonds. The average Bonchev–Trinajstić information content (AvgIpc) is 3.29. The molecule has 21 heavy (non-hydrogen) atoms. The quantitative estimate of drug-likeness (QED) is 0.569. The predicted molar refractivity (Wildman–Crippen MR) is 87.0 cm³/mol. The van der Waals surface area contributed by atoms with Crippen LogP contribution in [-0.4, -0.2) is 29.1 Å². The summed E-state index contributed by atoms with van der Waals surface area (Å²) >= 11 is 0. The van der Waals surface area contributed by atoms with Crippen LogP contribution in [0.25, 0.3) is 0 Å². The van der Waals surface area contributed by atoms with Gasteiger partial charge in [-0.25, -0.2) is 0 Å². The van der Waals surface area contributed by atoms with Crippen molar-refractivity contribution in [1.82, 2.24) is 10.2 Å². The fourth-order valence-electron chi connectivity index (χ4n) is 2.83. The van der Waals surface area contributed by atoms with E-state index >= 15 is 0 Å². The van der Waals surface area contributed by atoms with Gasteiger partial charge < -0.3 is 10.6 Å². The summed E-state index contributed by atoms with van der Waals surface area (Å²) in [6, 6.07) is 0. The summed E-state index contributed by atoms with van der Waals surface area (Å²) < 4.78 is 0. The number of anilines is 1. The number of nitrogens with one attached hydrogen (secondary N) is 1. The molecule has 0 atom stereocenters. The Bertz CT molecular complexity index is 508. The Kier molecular flexibility index (Phi) is 5.15. The van der Waals surface area contributed by atoms with Gasteiger partial charge in [-0.1, -0.05) is 20.8 Å². The summed E-state index contributed by atoms with van der Waals surface area (Å²) in [6.07, 6.45) is 5.33. The maximum atomic E-state index is 8.00. The van der Waals surface area contributed by atoms with Gasteiger partial charge >= 0.3 is 0 Å². The van der Waals surface area contributed by atoms with Crippen LogP contribution in [0.2, 0.25) is 0 Å². The molecular formula is C16H27N5. The molecule has 1 fully saturated rings. The van der Waals surface area contributed by atoms with Gasteiger partial charge in [0.05, 0.1) is 11.3 Å². The van der Waals surface area contributed by atoms with Gasteiger partial charge in [0.15, 0.2) is 5.82 Å². The predicted octanol–water partition coefficient (Wildman–Crippen LogP) is 2.51. The number of aromatic nitrogens is 2. The highest BCUT2D eigenvalue weighted by Crippen LogP contribution is 2.32. The molecule has 1 aromatic heterocycles. The molecule has 0 saturated heterocycles. The molecule has 116 valence electrons. The Morgan fingerprint density at radius 3 is 2.43 bits per heavy atom. The molecule has 5 nitrogen and oxygen atoms in total. The van der Waals surface area contributed by atoms with E-state index in [9.17, 15) is 0 Å². The summed E-state index contributed by atoms with van der Waals surface area (Å²) in [4.78, 5) is 2.28. The number of hydrogen-bond acceptors (Lipinski definition) is 4. The van der Waals surface area contributed by atoms with Crippen molar-refractivity contribution in [3.8, 4) is 0 Å². The van der Waals surface area contributed by atoms with E-state index in [0.29, 0.717) is 0 Å². The molecule has 0 aliphatic heterocycles. The molecule has 0 radical (unpaired) electrons. The van der Waals surface area contributed by atoms with Gasteiger partial charge in [0.2, 0.25) is 0 Å². The fraction of sp³-hybridized carbons (Fsp3) is 0.688. The van der Waals surface area contributed by atoms with E-state index in [-0.39, 0.29) is 5.84 Å². The number of nitrogens with zero attached hydrogens (tertiary/aromatic N) is 3. The minimum Gasteiger partial charge on any atom is -0.384 e. The zero-order valence-electron chi connectivity index (χ0n) is 13.4. The number of rotatable bonds is 8. The third-order valence-electron chi connectivity index (χ3n) is 4.07. The number of nitrogen functional groups attached to an aromatic ring is 1. The van der Waals surface area contributed by atoms with Gasteiger partial charge in [0.1, 0.15) is 5.84 Å². The van der Waals surface area contributed by atoms with Crippen LogP contribution in [-0.2, 0) is 12.8 Å². The van der Waals surface area contributed by atoms with Gasteiger partial charge in [-0.05, 0) is 43.6 Å². The van der Waals surface area contributed by atoms with Gasteiger partial charge in [-0.2, -0.15) is 5.10 Å². The maximum absolute atomic E-state index is 8.00. The number of nitrogens with two attached hydrogens (primary N) is 1. The zero-order valence-corrected chi connectivity index (χ0v) is 13.4. The van der Waals surface area contributed by atoms with Crippen LogP contribution in [0.3, 0.4) is 0 Å². The third-order valence-corrected chi connectivity index (χ3v) is 4.07. The topological polar surface area (TPSA) is 78.9 Å². The van der Waals surface area contributed by atoms with Crippen LogP contribution in [0.15, 0.2) is 0 Å². The second-order valence-electron chi connectivity index (χ2n) is 5.83. The number of amidine groups is 1. The van der Waals surface area contributed by atoms with Gasteiger partial charge in [-0.3, -0.25) is 5.41 Å². The van der Waals surface area contributed by atoms with Crippen molar-refractivity contribution in [1.29, 1.82) is 5.41 Å². The highest BCUT2D eigenvalue weighted by Gasteiger charge is 2.27.